The number of aromatic hydroxyl groups is 2. The SMILES string of the molecule is COc1cc(-c2cc(OC)c3c(c2O)C/C(C)=C\CC/C(C)=C/C3)c(O)c2c1C/C=C(\C)CC/C=C(/C)C2. The number of rotatable bonds is 3. The third kappa shape index (κ3) is 5.85. The molecule has 0 aromatic heterocycles. The molecule has 0 atom stereocenters. The van der Waals surface area contributed by atoms with E-state index in [0.717, 1.165) is 59.4 Å². The molecule has 2 aromatic rings. The van der Waals surface area contributed by atoms with Crippen molar-refractivity contribution in [1.82, 2.24) is 0 Å². The minimum absolute atomic E-state index is 0.195. The van der Waals surface area contributed by atoms with Crippen molar-refractivity contribution in [2.24, 2.45) is 0 Å². The van der Waals surface area contributed by atoms with E-state index in [1.165, 1.54) is 22.3 Å². The molecule has 4 heteroatoms. The second kappa shape index (κ2) is 12.0. The van der Waals surface area contributed by atoms with E-state index >= 15 is 0 Å². The molecule has 0 bridgehead atoms. The van der Waals surface area contributed by atoms with E-state index in [1.807, 2.05) is 12.1 Å². The summed E-state index contributed by atoms with van der Waals surface area (Å²) in [5.74, 6) is 1.83. The molecule has 202 valence electrons. The summed E-state index contributed by atoms with van der Waals surface area (Å²) < 4.78 is 11.8. The van der Waals surface area contributed by atoms with Gasteiger partial charge in [-0.3, -0.25) is 0 Å². The molecule has 2 N–H and O–H groups in total. The Morgan fingerprint density at radius 3 is 1.32 bits per heavy atom. The van der Waals surface area contributed by atoms with Crippen LogP contribution in [0, 0.1) is 0 Å². The number of hydrogen-bond acceptors (Lipinski definition) is 4. The monoisotopic (exact) mass is 514 g/mol. The molecular weight excluding hydrogens is 472 g/mol. The maximum absolute atomic E-state index is 11.8. The van der Waals surface area contributed by atoms with Gasteiger partial charge in [-0.05, 0) is 91.2 Å². The highest BCUT2D eigenvalue weighted by Crippen LogP contribution is 2.48. The van der Waals surface area contributed by atoms with Crippen LogP contribution < -0.4 is 9.47 Å². The first-order chi connectivity index (χ1) is 18.2. The summed E-state index contributed by atoms with van der Waals surface area (Å²) in [7, 11) is 3.34. The number of benzene rings is 2. The summed E-state index contributed by atoms with van der Waals surface area (Å²) in [6.07, 6.45) is 15.7. The average Bonchev–Trinajstić information content (AvgIpc) is 2.89. The third-order valence-electron chi connectivity index (χ3n) is 7.97. The van der Waals surface area contributed by atoms with E-state index in [1.54, 1.807) is 14.2 Å². The van der Waals surface area contributed by atoms with Crippen molar-refractivity contribution >= 4 is 0 Å². The largest absolute Gasteiger partial charge is 0.507 e. The summed E-state index contributed by atoms with van der Waals surface area (Å²) in [5, 5.41) is 23.5. The summed E-state index contributed by atoms with van der Waals surface area (Å²) in [6.45, 7) is 8.55. The van der Waals surface area contributed by atoms with Gasteiger partial charge in [0.05, 0.1) is 14.2 Å². The normalized spacial score (nSPS) is 22.2. The minimum atomic E-state index is 0.195. The number of methoxy groups -OCH3 is 2. The highest BCUT2D eigenvalue weighted by molar-refractivity contribution is 5.82. The molecule has 0 fully saturated rings. The zero-order chi connectivity index (χ0) is 27.4. The van der Waals surface area contributed by atoms with Gasteiger partial charge in [-0.2, -0.15) is 0 Å². The Balaban J connectivity index is 1.98. The van der Waals surface area contributed by atoms with Crippen molar-refractivity contribution in [2.75, 3.05) is 14.2 Å². The fourth-order valence-electron chi connectivity index (χ4n) is 5.64. The highest BCUT2D eigenvalue weighted by atomic mass is 16.5. The molecule has 2 aliphatic rings. The predicted molar refractivity (Wildman–Crippen MR) is 157 cm³/mol. The van der Waals surface area contributed by atoms with E-state index in [2.05, 4.69) is 52.0 Å². The van der Waals surface area contributed by atoms with Crippen LogP contribution >= 0.6 is 0 Å². The number of phenolic OH excluding ortho intramolecular Hbond substituents is 2. The molecule has 0 saturated carbocycles. The van der Waals surface area contributed by atoms with E-state index in [9.17, 15) is 10.2 Å². The first-order valence-corrected chi connectivity index (χ1v) is 13.7. The van der Waals surface area contributed by atoms with Crippen LogP contribution in [0.2, 0.25) is 0 Å². The Bertz CT molecular complexity index is 1230. The fraction of sp³-hybridized carbons (Fsp3) is 0.412. The van der Waals surface area contributed by atoms with Crippen LogP contribution in [0.15, 0.2) is 58.7 Å². The predicted octanol–water partition coefficient (Wildman–Crippen LogP) is 8.32. The van der Waals surface area contributed by atoms with Crippen LogP contribution in [0.4, 0.5) is 0 Å². The van der Waals surface area contributed by atoms with Gasteiger partial charge in [0, 0.05) is 33.4 Å². The second-order valence-corrected chi connectivity index (χ2v) is 10.9. The van der Waals surface area contributed by atoms with Crippen LogP contribution in [0.25, 0.3) is 11.1 Å². The zero-order valence-corrected chi connectivity index (χ0v) is 23.8. The number of fused-ring (bicyclic) bond motifs is 2. The smallest absolute Gasteiger partial charge is 0.127 e. The molecule has 0 saturated heterocycles. The Morgan fingerprint density at radius 1 is 0.553 bits per heavy atom. The Labute approximate surface area is 228 Å². The Morgan fingerprint density at radius 2 is 0.947 bits per heavy atom. The quantitative estimate of drug-likeness (QED) is 0.404. The lowest BCUT2D eigenvalue weighted by Gasteiger charge is -2.23. The van der Waals surface area contributed by atoms with Crippen LogP contribution in [-0.2, 0) is 25.7 Å². The standard InChI is InChI=1S/C34H42O4/c1-21-9-7-11-23(3)17-27-25(15-13-21)31(37-5)19-29(33(27)35)30-20-32(38-6)26-16-14-22(2)10-8-12-24(4)18-28(26)34(30)36/h11-14,19-20,35-36H,7-10,15-18H2,1-6H3/b21-13+,22-14+,23-11-,24-12-. The van der Waals surface area contributed by atoms with E-state index < -0.39 is 0 Å². The summed E-state index contributed by atoms with van der Waals surface area (Å²) >= 11 is 0. The molecule has 2 aliphatic carbocycles. The first kappa shape index (κ1) is 27.6. The van der Waals surface area contributed by atoms with Crippen LogP contribution in [-0.4, -0.2) is 24.4 Å². The van der Waals surface area contributed by atoms with E-state index in [0.29, 0.717) is 36.8 Å². The maximum atomic E-state index is 11.8. The molecule has 0 unspecified atom stereocenters. The molecule has 38 heavy (non-hydrogen) atoms. The van der Waals surface area contributed by atoms with Crippen molar-refractivity contribution < 1.29 is 19.7 Å². The molecule has 2 aromatic carbocycles. The lowest BCUT2D eigenvalue weighted by Crippen LogP contribution is -2.05. The van der Waals surface area contributed by atoms with Gasteiger partial charge in [-0.25, -0.2) is 0 Å². The topological polar surface area (TPSA) is 58.9 Å². The van der Waals surface area contributed by atoms with Gasteiger partial charge in [0.1, 0.15) is 23.0 Å². The van der Waals surface area contributed by atoms with Gasteiger partial charge >= 0.3 is 0 Å². The number of hydrogen-bond donors (Lipinski definition) is 2. The third-order valence-corrected chi connectivity index (χ3v) is 7.97. The van der Waals surface area contributed by atoms with Crippen LogP contribution in [0.1, 0.15) is 75.6 Å². The molecule has 0 spiro atoms. The average molecular weight is 515 g/mol. The molecule has 0 aliphatic heterocycles. The number of phenols is 2. The lowest BCUT2D eigenvalue weighted by atomic mass is 9.86. The summed E-state index contributed by atoms with van der Waals surface area (Å²) in [4.78, 5) is 0. The lowest BCUT2D eigenvalue weighted by molar-refractivity contribution is 0.404. The Hall–Kier alpha value is -3.40. The van der Waals surface area contributed by atoms with Crippen molar-refractivity contribution in [2.45, 2.75) is 79.1 Å². The van der Waals surface area contributed by atoms with Gasteiger partial charge < -0.3 is 19.7 Å². The highest BCUT2D eigenvalue weighted by Gasteiger charge is 2.25. The van der Waals surface area contributed by atoms with E-state index in [-0.39, 0.29) is 11.5 Å². The van der Waals surface area contributed by atoms with Gasteiger partial charge in [-0.1, -0.05) is 46.6 Å². The van der Waals surface area contributed by atoms with Gasteiger partial charge in [-0.15, -0.1) is 0 Å². The molecule has 4 nitrogen and oxygen atoms in total. The van der Waals surface area contributed by atoms with Crippen molar-refractivity contribution in [3.05, 3.63) is 81.0 Å². The molecule has 0 heterocycles. The zero-order valence-electron chi connectivity index (χ0n) is 23.8. The maximum Gasteiger partial charge on any atom is 0.127 e. The van der Waals surface area contributed by atoms with Gasteiger partial charge in [0.2, 0.25) is 0 Å². The van der Waals surface area contributed by atoms with Gasteiger partial charge in [0.15, 0.2) is 0 Å². The fourth-order valence-corrected chi connectivity index (χ4v) is 5.64. The Kier molecular flexibility index (Phi) is 8.71. The van der Waals surface area contributed by atoms with Crippen molar-refractivity contribution in [3.8, 4) is 34.1 Å². The van der Waals surface area contributed by atoms with Crippen LogP contribution in [0.3, 0.4) is 0 Å². The first-order valence-electron chi connectivity index (χ1n) is 13.7. The number of allylic oxidation sites excluding steroid dienone is 8. The van der Waals surface area contributed by atoms with Gasteiger partial charge in [0.25, 0.3) is 0 Å². The number of ether oxygens (including phenoxy) is 2. The van der Waals surface area contributed by atoms with Crippen LogP contribution in [0.5, 0.6) is 23.0 Å². The molecule has 4 rings (SSSR count). The molecule has 0 amide bonds. The second-order valence-electron chi connectivity index (χ2n) is 10.9. The summed E-state index contributed by atoms with van der Waals surface area (Å²) in [6, 6.07) is 3.74. The van der Waals surface area contributed by atoms with E-state index in [4.69, 9.17) is 9.47 Å². The van der Waals surface area contributed by atoms with Crippen molar-refractivity contribution in [3.63, 3.8) is 0 Å². The minimum Gasteiger partial charge on any atom is -0.507 e. The molecule has 0 radical (unpaired) electrons. The molecular formula is C34H42O4. The van der Waals surface area contributed by atoms with Crippen molar-refractivity contribution in [1.29, 1.82) is 0 Å². The summed E-state index contributed by atoms with van der Waals surface area (Å²) in [5.41, 5.74) is 9.91.